The Morgan fingerprint density at radius 3 is 2.29 bits per heavy atom. The van der Waals surface area contributed by atoms with Gasteiger partial charge < -0.3 is 4.74 Å². The zero-order valence-corrected chi connectivity index (χ0v) is 13.9. The van der Waals surface area contributed by atoms with Crippen LogP contribution in [0.25, 0.3) is 11.1 Å². The van der Waals surface area contributed by atoms with E-state index in [0.29, 0.717) is 33.3 Å². The van der Waals surface area contributed by atoms with Crippen LogP contribution in [0.4, 0.5) is 0 Å². The average Bonchev–Trinajstić information content (AvgIpc) is 2.49. The van der Waals surface area contributed by atoms with E-state index in [4.69, 9.17) is 39.5 Å². The number of hydrogen-bond donors (Lipinski definition) is 0. The molecule has 0 radical (unpaired) electrons. The van der Waals surface area contributed by atoms with E-state index in [1.54, 1.807) is 23.9 Å². The molecule has 21 heavy (non-hydrogen) atoms. The minimum atomic E-state index is -0.155. The lowest BCUT2D eigenvalue weighted by Crippen LogP contribution is -2.18. The van der Waals surface area contributed by atoms with Crippen molar-refractivity contribution in [3.63, 3.8) is 0 Å². The van der Waals surface area contributed by atoms with Gasteiger partial charge in [0.05, 0.1) is 12.2 Å². The Morgan fingerprint density at radius 1 is 1.05 bits per heavy atom. The Labute approximate surface area is 142 Å². The number of benzene rings is 1. The maximum atomic E-state index is 6.30. The van der Waals surface area contributed by atoms with Crippen LogP contribution in [0.3, 0.4) is 0 Å². The maximum absolute atomic E-state index is 6.30. The Bertz CT molecular complexity index is 622. The molecule has 110 valence electrons. The lowest BCUT2D eigenvalue weighted by atomic mass is 10.1. The summed E-state index contributed by atoms with van der Waals surface area (Å²) < 4.78 is 5.65. The second-order valence-corrected chi connectivity index (χ2v) is 6.78. The summed E-state index contributed by atoms with van der Waals surface area (Å²) in [7, 11) is 0. The van der Waals surface area contributed by atoms with Crippen LogP contribution < -0.4 is 0 Å². The minimum absolute atomic E-state index is 0.155. The van der Waals surface area contributed by atoms with Gasteiger partial charge in [-0.05, 0) is 17.7 Å². The first-order valence-corrected chi connectivity index (χ1v) is 8.62. The molecule has 0 aliphatic carbocycles. The van der Waals surface area contributed by atoms with Gasteiger partial charge in [0, 0.05) is 16.5 Å². The number of rotatable bonds is 2. The standard InChI is InChI=1S/C14H11Cl3N2OS/c15-9-3-1-8(2-4-9)11-12(16)18-14(19-13(11)17)10-7-21-6-5-20-10/h1-4,10H,5-7H2. The zero-order valence-electron chi connectivity index (χ0n) is 10.9. The summed E-state index contributed by atoms with van der Waals surface area (Å²) in [6, 6.07) is 7.23. The summed E-state index contributed by atoms with van der Waals surface area (Å²) in [4.78, 5) is 8.71. The lowest BCUT2D eigenvalue weighted by molar-refractivity contribution is 0.0694. The third-order valence-electron chi connectivity index (χ3n) is 3.07. The molecule has 1 saturated heterocycles. The van der Waals surface area contributed by atoms with Gasteiger partial charge in [-0.2, -0.15) is 11.8 Å². The van der Waals surface area contributed by atoms with Gasteiger partial charge in [-0.3, -0.25) is 0 Å². The van der Waals surface area contributed by atoms with Crippen molar-refractivity contribution < 1.29 is 4.74 Å². The largest absolute Gasteiger partial charge is 0.368 e. The number of hydrogen-bond acceptors (Lipinski definition) is 4. The Morgan fingerprint density at radius 2 is 1.71 bits per heavy atom. The Balaban J connectivity index is 1.97. The highest BCUT2D eigenvalue weighted by Gasteiger charge is 2.22. The first-order valence-electron chi connectivity index (χ1n) is 6.33. The summed E-state index contributed by atoms with van der Waals surface area (Å²) >= 11 is 20.3. The monoisotopic (exact) mass is 360 g/mol. The molecule has 0 bridgehead atoms. The molecule has 7 heteroatoms. The van der Waals surface area contributed by atoms with Gasteiger partial charge in [0.25, 0.3) is 0 Å². The molecule has 1 unspecified atom stereocenters. The van der Waals surface area contributed by atoms with E-state index in [9.17, 15) is 0 Å². The van der Waals surface area contributed by atoms with E-state index in [0.717, 1.165) is 17.1 Å². The van der Waals surface area contributed by atoms with E-state index >= 15 is 0 Å². The van der Waals surface area contributed by atoms with Crippen LogP contribution in [0.1, 0.15) is 11.9 Å². The van der Waals surface area contributed by atoms with Crippen molar-refractivity contribution in [3.05, 3.63) is 45.4 Å². The molecule has 0 N–H and O–H groups in total. The fourth-order valence-corrected chi connectivity index (χ4v) is 3.64. The predicted molar refractivity (Wildman–Crippen MR) is 88.5 cm³/mol. The van der Waals surface area contributed by atoms with Crippen LogP contribution >= 0.6 is 46.6 Å². The molecule has 1 aromatic carbocycles. The molecule has 0 amide bonds. The number of thioether (sulfide) groups is 1. The summed E-state index contributed by atoms with van der Waals surface area (Å²) in [6.07, 6.45) is -0.155. The number of halogens is 3. The van der Waals surface area contributed by atoms with Crippen LogP contribution in [0.15, 0.2) is 24.3 Å². The number of aromatic nitrogens is 2. The lowest BCUT2D eigenvalue weighted by Gasteiger charge is -2.21. The number of nitrogens with zero attached hydrogens (tertiary/aromatic N) is 2. The zero-order chi connectivity index (χ0) is 14.8. The fourth-order valence-electron chi connectivity index (χ4n) is 2.06. The van der Waals surface area contributed by atoms with Crippen LogP contribution in [-0.2, 0) is 4.74 Å². The summed E-state index contributed by atoms with van der Waals surface area (Å²) in [5, 5.41) is 1.30. The minimum Gasteiger partial charge on any atom is -0.368 e. The van der Waals surface area contributed by atoms with E-state index in [-0.39, 0.29) is 6.10 Å². The van der Waals surface area contributed by atoms with Gasteiger partial charge in [0.1, 0.15) is 16.4 Å². The van der Waals surface area contributed by atoms with Gasteiger partial charge >= 0.3 is 0 Å². The molecule has 3 nitrogen and oxygen atoms in total. The highest BCUT2D eigenvalue weighted by Crippen LogP contribution is 2.35. The van der Waals surface area contributed by atoms with Gasteiger partial charge in [-0.15, -0.1) is 0 Å². The van der Waals surface area contributed by atoms with E-state index < -0.39 is 0 Å². The smallest absolute Gasteiger partial charge is 0.161 e. The highest BCUT2D eigenvalue weighted by atomic mass is 35.5. The van der Waals surface area contributed by atoms with Crippen LogP contribution in [0.2, 0.25) is 15.3 Å². The predicted octanol–water partition coefficient (Wildman–Crippen LogP) is 4.91. The molecule has 1 aliphatic heterocycles. The fraction of sp³-hybridized carbons (Fsp3) is 0.286. The second kappa shape index (κ2) is 6.71. The molecule has 1 aliphatic rings. The second-order valence-electron chi connectivity index (χ2n) is 4.48. The quantitative estimate of drug-likeness (QED) is 0.712. The van der Waals surface area contributed by atoms with Gasteiger partial charge in [-0.1, -0.05) is 46.9 Å². The summed E-state index contributed by atoms with van der Waals surface area (Å²) in [5.41, 5.74) is 1.45. The average molecular weight is 362 g/mol. The van der Waals surface area contributed by atoms with Crippen molar-refractivity contribution in [1.82, 2.24) is 9.97 Å². The van der Waals surface area contributed by atoms with E-state index in [1.165, 1.54) is 0 Å². The number of ether oxygens (including phenoxy) is 1. The van der Waals surface area contributed by atoms with Gasteiger partial charge in [-0.25, -0.2) is 9.97 Å². The molecule has 1 atom stereocenters. The summed E-state index contributed by atoms with van der Waals surface area (Å²) in [5.74, 6) is 2.34. The van der Waals surface area contributed by atoms with Crippen LogP contribution in [0, 0.1) is 0 Å². The van der Waals surface area contributed by atoms with Crippen molar-refractivity contribution in [1.29, 1.82) is 0 Å². The maximum Gasteiger partial charge on any atom is 0.161 e. The normalized spacial score (nSPS) is 18.7. The van der Waals surface area contributed by atoms with Crippen molar-refractivity contribution in [2.24, 2.45) is 0 Å². The summed E-state index contributed by atoms with van der Waals surface area (Å²) in [6.45, 7) is 0.687. The SMILES string of the molecule is Clc1ccc(-c2c(Cl)nc(C3CSCCO3)nc2Cl)cc1. The molecule has 2 heterocycles. The molecule has 0 spiro atoms. The Hall–Kier alpha value is -0.520. The first-order chi connectivity index (χ1) is 10.1. The third kappa shape index (κ3) is 3.46. The van der Waals surface area contributed by atoms with Crippen LogP contribution in [-0.4, -0.2) is 28.1 Å². The first kappa shape index (κ1) is 15.4. The van der Waals surface area contributed by atoms with E-state index in [2.05, 4.69) is 9.97 Å². The Kier molecular flexibility index (Phi) is 4.92. The topological polar surface area (TPSA) is 35.0 Å². The van der Waals surface area contributed by atoms with Crippen molar-refractivity contribution >= 4 is 46.6 Å². The molecular formula is C14H11Cl3N2OS. The molecule has 1 fully saturated rings. The molecule has 1 aromatic heterocycles. The highest BCUT2D eigenvalue weighted by molar-refractivity contribution is 7.99. The molecular weight excluding hydrogens is 351 g/mol. The van der Waals surface area contributed by atoms with Crippen molar-refractivity contribution in [2.45, 2.75) is 6.10 Å². The van der Waals surface area contributed by atoms with Gasteiger partial charge in [0.2, 0.25) is 0 Å². The van der Waals surface area contributed by atoms with Crippen LogP contribution in [0.5, 0.6) is 0 Å². The molecule has 2 aromatic rings. The molecule has 0 saturated carbocycles. The van der Waals surface area contributed by atoms with Gasteiger partial charge in [0.15, 0.2) is 5.82 Å². The van der Waals surface area contributed by atoms with E-state index in [1.807, 2.05) is 12.1 Å². The van der Waals surface area contributed by atoms with Crippen molar-refractivity contribution in [2.75, 3.05) is 18.1 Å². The third-order valence-corrected chi connectivity index (χ3v) is 4.87. The van der Waals surface area contributed by atoms with Crippen molar-refractivity contribution in [3.8, 4) is 11.1 Å². The molecule has 3 rings (SSSR count).